The predicted molar refractivity (Wildman–Crippen MR) is 127 cm³/mol. The fourth-order valence-corrected chi connectivity index (χ4v) is 5.60. The van der Waals surface area contributed by atoms with Crippen LogP contribution < -0.4 is 0 Å². The number of aliphatic hydroxyl groups is 1. The number of carbonyl (C=O) groups excluding carboxylic acids is 1. The highest BCUT2D eigenvalue weighted by Gasteiger charge is 2.41. The number of aryl methyl sites for hydroxylation is 2. The van der Waals surface area contributed by atoms with E-state index in [0.29, 0.717) is 31.1 Å². The molecule has 174 valence electrons. The summed E-state index contributed by atoms with van der Waals surface area (Å²) in [5.74, 6) is 3.80. The van der Waals surface area contributed by atoms with Crippen molar-refractivity contribution in [3.8, 4) is 0 Å². The highest BCUT2D eigenvalue weighted by molar-refractivity contribution is 5.82. The van der Waals surface area contributed by atoms with Crippen LogP contribution in [-0.2, 0) is 11.2 Å². The Labute approximate surface area is 192 Å². The van der Waals surface area contributed by atoms with Gasteiger partial charge in [-0.1, -0.05) is 42.8 Å². The molecule has 4 nitrogen and oxygen atoms in total. The number of rotatable bonds is 11. The monoisotopic (exact) mass is 437 g/mol. The molecule has 2 aliphatic carbocycles. The van der Waals surface area contributed by atoms with E-state index in [4.69, 9.17) is 4.52 Å². The van der Waals surface area contributed by atoms with Gasteiger partial charge in [0.05, 0.1) is 5.69 Å². The van der Waals surface area contributed by atoms with Gasteiger partial charge in [-0.3, -0.25) is 4.79 Å². The number of ketones is 1. The minimum atomic E-state index is -0.0575. The Kier molecular flexibility index (Phi) is 7.19. The average Bonchev–Trinajstić information content (AvgIpc) is 3.45. The van der Waals surface area contributed by atoms with Crippen LogP contribution in [-0.4, -0.2) is 22.7 Å². The summed E-state index contributed by atoms with van der Waals surface area (Å²) in [6.45, 7) is 8.80. The van der Waals surface area contributed by atoms with Crippen LogP contribution in [0.3, 0.4) is 0 Å². The highest BCUT2D eigenvalue weighted by Crippen LogP contribution is 2.52. The molecule has 1 N–H and O–H groups in total. The van der Waals surface area contributed by atoms with Gasteiger partial charge in [0.25, 0.3) is 0 Å². The summed E-state index contributed by atoms with van der Waals surface area (Å²) >= 11 is 0. The maximum absolute atomic E-state index is 13.0. The van der Waals surface area contributed by atoms with Crippen LogP contribution in [0, 0.1) is 25.7 Å². The second kappa shape index (κ2) is 9.91. The average molecular weight is 438 g/mol. The lowest BCUT2D eigenvalue weighted by molar-refractivity contribution is -0.118. The third-order valence-corrected chi connectivity index (χ3v) is 7.40. The molecule has 2 fully saturated rings. The van der Waals surface area contributed by atoms with Crippen molar-refractivity contribution in [1.82, 2.24) is 5.16 Å². The number of hydrogen-bond acceptors (Lipinski definition) is 4. The van der Waals surface area contributed by atoms with Crippen molar-refractivity contribution in [2.75, 3.05) is 6.61 Å². The van der Waals surface area contributed by atoms with Crippen LogP contribution in [0.4, 0.5) is 0 Å². The first-order chi connectivity index (χ1) is 15.4. The fraction of sp³-hybridized carbons (Fsp3) is 0.643. The lowest BCUT2D eigenvalue weighted by atomic mass is 9.69. The van der Waals surface area contributed by atoms with Gasteiger partial charge >= 0.3 is 0 Å². The number of carbonyl (C=O) groups is 1. The quantitative estimate of drug-likeness (QED) is 0.443. The van der Waals surface area contributed by atoms with Gasteiger partial charge in [0.2, 0.25) is 0 Å². The van der Waals surface area contributed by atoms with E-state index >= 15 is 0 Å². The SMILES string of the molecule is Cc1ccc(CC(=O)C[C@@H](CCO)c2noc(C3CC(CC(C)C)C3)c2C2CC2)c(C)c1. The van der Waals surface area contributed by atoms with Gasteiger partial charge in [0.1, 0.15) is 11.5 Å². The number of nitrogens with zero attached hydrogens (tertiary/aromatic N) is 1. The van der Waals surface area contributed by atoms with Crippen LogP contribution >= 0.6 is 0 Å². The smallest absolute Gasteiger partial charge is 0.143 e. The highest BCUT2D eigenvalue weighted by atomic mass is 16.5. The van der Waals surface area contributed by atoms with Crippen molar-refractivity contribution in [3.63, 3.8) is 0 Å². The molecule has 1 aromatic carbocycles. The zero-order valence-electron chi connectivity index (χ0n) is 20.2. The zero-order valence-corrected chi connectivity index (χ0v) is 20.2. The molecule has 1 aromatic heterocycles. The lowest BCUT2D eigenvalue weighted by Crippen LogP contribution is -2.23. The summed E-state index contributed by atoms with van der Waals surface area (Å²) in [6.07, 6.45) is 7.47. The minimum absolute atomic E-state index is 0.0575. The van der Waals surface area contributed by atoms with E-state index in [1.54, 1.807) is 0 Å². The van der Waals surface area contributed by atoms with Gasteiger partial charge in [0, 0.05) is 36.8 Å². The first kappa shape index (κ1) is 23.2. The summed E-state index contributed by atoms with van der Waals surface area (Å²) in [4.78, 5) is 13.0. The predicted octanol–water partition coefficient (Wildman–Crippen LogP) is 6.38. The molecule has 1 heterocycles. The van der Waals surface area contributed by atoms with Crippen LogP contribution in [0.15, 0.2) is 22.7 Å². The maximum Gasteiger partial charge on any atom is 0.143 e. The summed E-state index contributed by atoms with van der Waals surface area (Å²) in [5.41, 5.74) is 5.72. The number of benzene rings is 1. The Hall–Kier alpha value is -1.94. The van der Waals surface area contributed by atoms with Crippen molar-refractivity contribution in [1.29, 1.82) is 0 Å². The molecular formula is C28H39NO3. The second-order valence-corrected chi connectivity index (χ2v) is 10.8. The molecule has 0 amide bonds. The van der Waals surface area contributed by atoms with E-state index in [-0.39, 0.29) is 18.3 Å². The minimum Gasteiger partial charge on any atom is -0.396 e. The van der Waals surface area contributed by atoms with Crippen molar-refractivity contribution in [2.24, 2.45) is 11.8 Å². The van der Waals surface area contributed by atoms with Crippen LogP contribution in [0.25, 0.3) is 0 Å². The molecule has 0 radical (unpaired) electrons. The summed E-state index contributed by atoms with van der Waals surface area (Å²) < 4.78 is 5.97. The summed E-state index contributed by atoms with van der Waals surface area (Å²) in [6, 6.07) is 6.27. The lowest BCUT2D eigenvalue weighted by Gasteiger charge is -2.35. The topological polar surface area (TPSA) is 63.3 Å². The molecule has 0 aliphatic heterocycles. The molecule has 2 aromatic rings. The van der Waals surface area contributed by atoms with Gasteiger partial charge in [-0.15, -0.1) is 0 Å². The van der Waals surface area contributed by atoms with Crippen LogP contribution in [0.1, 0.15) is 110 Å². The Morgan fingerprint density at radius 3 is 2.56 bits per heavy atom. The standard InChI is InChI=1S/C28H39NO3/c1-17(2)11-20-13-24(14-20)28-26(21-7-8-21)27(29-32-28)23(9-10-30)16-25(31)15-22-6-5-18(3)12-19(22)4/h5-6,12,17,20-21,23-24,30H,7-11,13-16H2,1-4H3/t20?,23-,24?/m1/s1. The molecule has 2 saturated carbocycles. The van der Waals surface area contributed by atoms with E-state index in [1.165, 1.54) is 48.8 Å². The Morgan fingerprint density at radius 2 is 1.94 bits per heavy atom. The first-order valence-corrected chi connectivity index (χ1v) is 12.5. The number of aromatic nitrogens is 1. The van der Waals surface area contributed by atoms with E-state index in [2.05, 4.69) is 51.1 Å². The van der Waals surface area contributed by atoms with Gasteiger partial charge in [-0.2, -0.15) is 0 Å². The molecule has 0 spiro atoms. The molecule has 4 rings (SSSR count). The summed E-state index contributed by atoms with van der Waals surface area (Å²) in [7, 11) is 0. The number of aliphatic hydroxyl groups excluding tert-OH is 1. The largest absolute Gasteiger partial charge is 0.396 e. The van der Waals surface area contributed by atoms with E-state index < -0.39 is 0 Å². The van der Waals surface area contributed by atoms with E-state index in [9.17, 15) is 9.90 Å². The molecule has 32 heavy (non-hydrogen) atoms. The molecule has 1 atom stereocenters. The van der Waals surface area contributed by atoms with Crippen molar-refractivity contribution < 1.29 is 14.4 Å². The van der Waals surface area contributed by atoms with Crippen LogP contribution in [0.2, 0.25) is 0 Å². The van der Waals surface area contributed by atoms with E-state index in [0.717, 1.165) is 28.9 Å². The molecule has 0 unspecified atom stereocenters. The normalized spacial score (nSPS) is 21.6. The van der Waals surface area contributed by atoms with E-state index in [1.807, 2.05) is 0 Å². The number of hydrogen-bond donors (Lipinski definition) is 1. The molecule has 0 bridgehead atoms. The van der Waals surface area contributed by atoms with Gasteiger partial charge in [-0.05, 0) is 81.3 Å². The molecular weight excluding hydrogens is 398 g/mol. The van der Waals surface area contributed by atoms with Crippen molar-refractivity contribution in [2.45, 2.75) is 96.8 Å². The molecule has 4 heteroatoms. The second-order valence-electron chi connectivity index (χ2n) is 10.8. The molecule has 2 aliphatic rings. The number of Topliss-reactive ketones (excluding diaryl/α,β-unsaturated/α-hetero) is 1. The van der Waals surface area contributed by atoms with Crippen LogP contribution in [0.5, 0.6) is 0 Å². The van der Waals surface area contributed by atoms with Crippen molar-refractivity contribution >= 4 is 5.78 Å². The first-order valence-electron chi connectivity index (χ1n) is 12.5. The maximum atomic E-state index is 13.0. The van der Waals surface area contributed by atoms with Gasteiger partial charge in [-0.25, -0.2) is 0 Å². The Balaban J connectivity index is 1.48. The van der Waals surface area contributed by atoms with Gasteiger partial charge in [0.15, 0.2) is 0 Å². The summed E-state index contributed by atoms with van der Waals surface area (Å²) in [5, 5.41) is 14.3. The Bertz CT molecular complexity index is 934. The molecule has 0 saturated heterocycles. The fourth-order valence-electron chi connectivity index (χ4n) is 5.60. The van der Waals surface area contributed by atoms with Gasteiger partial charge < -0.3 is 9.63 Å². The Morgan fingerprint density at radius 1 is 1.19 bits per heavy atom. The van der Waals surface area contributed by atoms with Crippen molar-refractivity contribution in [3.05, 3.63) is 51.9 Å². The third-order valence-electron chi connectivity index (χ3n) is 7.40. The zero-order chi connectivity index (χ0) is 22.8. The third kappa shape index (κ3) is 5.33.